The molecule has 0 heterocycles. The lowest BCUT2D eigenvalue weighted by molar-refractivity contribution is -0.124. The first-order valence-electron chi connectivity index (χ1n) is 7.41. The largest absolute Gasteiger partial charge is 0.494 e. The molecule has 0 aliphatic carbocycles. The second kappa shape index (κ2) is 7.88. The highest BCUT2D eigenvalue weighted by molar-refractivity contribution is 5.96. The number of hydrogen-bond acceptors (Lipinski definition) is 4. The third-order valence-corrected chi connectivity index (χ3v) is 3.59. The number of ether oxygens (including phenoxy) is 2. The van der Waals surface area contributed by atoms with Crippen LogP contribution in [-0.4, -0.2) is 25.7 Å². The summed E-state index contributed by atoms with van der Waals surface area (Å²) in [6.07, 6.45) is 0.671. The van der Waals surface area contributed by atoms with E-state index in [1.165, 1.54) is 0 Å². The van der Waals surface area contributed by atoms with Crippen LogP contribution < -0.4 is 20.5 Å². The second-order valence-electron chi connectivity index (χ2n) is 5.10. The average molecular weight is 294 g/mol. The molecule has 1 unspecified atom stereocenters. The lowest BCUT2D eigenvalue weighted by atomic mass is 9.86. The summed E-state index contributed by atoms with van der Waals surface area (Å²) in [5.74, 6) is 1.22. The molecule has 0 fully saturated rings. The van der Waals surface area contributed by atoms with Crippen LogP contribution in [0.1, 0.15) is 34.1 Å². The summed E-state index contributed by atoms with van der Waals surface area (Å²) < 4.78 is 11.0. The number of hydrogen-bond donors (Lipinski definition) is 2. The third kappa shape index (κ3) is 4.36. The molecular formula is C16H26N2O3. The minimum absolute atomic E-state index is 0.109. The molecule has 0 aromatic heterocycles. The van der Waals surface area contributed by atoms with Crippen molar-refractivity contribution in [2.45, 2.75) is 34.1 Å². The van der Waals surface area contributed by atoms with E-state index >= 15 is 0 Å². The fraction of sp³-hybridized carbons (Fsp3) is 0.562. The van der Waals surface area contributed by atoms with E-state index in [4.69, 9.17) is 15.2 Å². The maximum Gasteiger partial charge on any atom is 0.231 e. The molecular weight excluding hydrogens is 268 g/mol. The standard InChI is InChI=1S/C16H26N2O3/c1-5-16(4,11-17)15(19)18-13-10-12(20-6-2)8-9-14(13)21-7-3/h8-10H,5-7,11,17H2,1-4H3,(H,18,19). The van der Waals surface area contributed by atoms with Gasteiger partial charge in [0.1, 0.15) is 11.5 Å². The lowest BCUT2D eigenvalue weighted by Crippen LogP contribution is -2.39. The summed E-state index contributed by atoms with van der Waals surface area (Å²) in [5.41, 5.74) is 5.75. The molecule has 0 spiro atoms. The summed E-state index contributed by atoms with van der Waals surface area (Å²) >= 11 is 0. The number of carbonyl (C=O) groups is 1. The summed E-state index contributed by atoms with van der Waals surface area (Å²) in [4.78, 5) is 12.4. The van der Waals surface area contributed by atoms with Crippen LogP contribution in [0.25, 0.3) is 0 Å². The molecule has 21 heavy (non-hydrogen) atoms. The molecule has 5 heteroatoms. The van der Waals surface area contributed by atoms with Crippen molar-refractivity contribution < 1.29 is 14.3 Å². The summed E-state index contributed by atoms with van der Waals surface area (Å²) in [6.45, 7) is 9.01. The minimum atomic E-state index is -0.592. The molecule has 118 valence electrons. The van der Waals surface area contributed by atoms with Gasteiger partial charge in [0.05, 0.1) is 24.3 Å². The Labute approximate surface area is 126 Å². The Morgan fingerprint density at radius 2 is 1.90 bits per heavy atom. The number of anilines is 1. The maximum atomic E-state index is 12.4. The van der Waals surface area contributed by atoms with Crippen LogP contribution in [0.2, 0.25) is 0 Å². The molecule has 5 nitrogen and oxygen atoms in total. The van der Waals surface area contributed by atoms with Crippen molar-refractivity contribution in [1.82, 2.24) is 0 Å². The van der Waals surface area contributed by atoms with Crippen LogP contribution in [0.5, 0.6) is 11.5 Å². The Balaban J connectivity index is 3.03. The topological polar surface area (TPSA) is 73.6 Å². The van der Waals surface area contributed by atoms with Gasteiger partial charge in [-0.15, -0.1) is 0 Å². The number of carbonyl (C=O) groups excluding carboxylic acids is 1. The molecule has 0 saturated carbocycles. The van der Waals surface area contributed by atoms with E-state index in [1.807, 2.05) is 33.8 Å². The fourth-order valence-electron chi connectivity index (χ4n) is 1.82. The highest BCUT2D eigenvalue weighted by Gasteiger charge is 2.30. The summed E-state index contributed by atoms with van der Waals surface area (Å²) in [5, 5.41) is 2.91. The van der Waals surface area contributed by atoms with Crippen LogP contribution in [0.15, 0.2) is 18.2 Å². The van der Waals surface area contributed by atoms with Gasteiger partial charge in [0.2, 0.25) is 5.91 Å². The van der Waals surface area contributed by atoms with Gasteiger partial charge in [-0.1, -0.05) is 6.92 Å². The Hall–Kier alpha value is -1.75. The summed E-state index contributed by atoms with van der Waals surface area (Å²) in [7, 11) is 0. The normalized spacial score (nSPS) is 13.4. The first kappa shape index (κ1) is 17.3. The van der Waals surface area contributed by atoms with Crippen LogP contribution >= 0.6 is 0 Å². The van der Waals surface area contributed by atoms with E-state index < -0.39 is 5.41 Å². The van der Waals surface area contributed by atoms with Crippen LogP contribution in [-0.2, 0) is 4.79 Å². The van der Waals surface area contributed by atoms with Gasteiger partial charge in [-0.05, 0) is 39.3 Å². The lowest BCUT2D eigenvalue weighted by Gasteiger charge is -2.25. The van der Waals surface area contributed by atoms with E-state index in [-0.39, 0.29) is 5.91 Å². The molecule has 1 aromatic carbocycles. The number of nitrogens with two attached hydrogens (primary N) is 1. The Morgan fingerprint density at radius 1 is 1.24 bits per heavy atom. The van der Waals surface area contributed by atoms with E-state index in [2.05, 4.69) is 5.32 Å². The van der Waals surface area contributed by atoms with Crippen LogP contribution in [0.4, 0.5) is 5.69 Å². The van der Waals surface area contributed by atoms with Crippen molar-refractivity contribution in [3.63, 3.8) is 0 Å². The van der Waals surface area contributed by atoms with Gasteiger partial charge in [0.15, 0.2) is 0 Å². The number of benzene rings is 1. The zero-order chi connectivity index (χ0) is 15.9. The van der Waals surface area contributed by atoms with E-state index in [0.29, 0.717) is 43.4 Å². The van der Waals surface area contributed by atoms with E-state index in [0.717, 1.165) is 0 Å². The van der Waals surface area contributed by atoms with Gasteiger partial charge in [0, 0.05) is 12.6 Å². The van der Waals surface area contributed by atoms with Gasteiger partial charge >= 0.3 is 0 Å². The molecule has 1 amide bonds. The maximum absolute atomic E-state index is 12.4. The van der Waals surface area contributed by atoms with Gasteiger partial charge in [-0.3, -0.25) is 4.79 Å². The molecule has 1 atom stereocenters. The van der Waals surface area contributed by atoms with E-state index in [1.54, 1.807) is 12.1 Å². The SMILES string of the molecule is CCOc1ccc(OCC)c(NC(=O)C(C)(CC)CN)c1. The van der Waals surface area contributed by atoms with Crippen LogP contribution in [0, 0.1) is 5.41 Å². The molecule has 1 aromatic rings. The van der Waals surface area contributed by atoms with Crippen molar-refractivity contribution in [2.24, 2.45) is 11.1 Å². The molecule has 0 aliphatic rings. The van der Waals surface area contributed by atoms with Crippen molar-refractivity contribution in [3.8, 4) is 11.5 Å². The monoisotopic (exact) mass is 294 g/mol. The first-order chi connectivity index (χ1) is 10.0. The third-order valence-electron chi connectivity index (χ3n) is 3.59. The van der Waals surface area contributed by atoms with Gasteiger partial charge < -0.3 is 20.5 Å². The summed E-state index contributed by atoms with van der Waals surface area (Å²) in [6, 6.07) is 5.40. The molecule has 3 N–H and O–H groups in total. The van der Waals surface area contributed by atoms with Crippen molar-refractivity contribution in [2.75, 3.05) is 25.1 Å². The highest BCUT2D eigenvalue weighted by Crippen LogP contribution is 2.31. The molecule has 0 aliphatic heterocycles. The zero-order valence-electron chi connectivity index (χ0n) is 13.4. The Kier molecular flexibility index (Phi) is 6.49. The van der Waals surface area contributed by atoms with Gasteiger partial charge in [-0.25, -0.2) is 0 Å². The van der Waals surface area contributed by atoms with Crippen molar-refractivity contribution in [1.29, 1.82) is 0 Å². The van der Waals surface area contributed by atoms with Crippen molar-refractivity contribution in [3.05, 3.63) is 18.2 Å². The first-order valence-corrected chi connectivity index (χ1v) is 7.41. The average Bonchev–Trinajstić information content (AvgIpc) is 2.49. The predicted molar refractivity (Wildman–Crippen MR) is 84.9 cm³/mol. The van der Waals surface area contributed by atoms with Gasteiger partial charge in [0.25, 0.3) is 0 Å². The van der Waals surface area contributed by atoms with Crippen molar-refractivity contribution >= 4 is 11.6 Å². The predicted octanol–water partition coefficient (Wildman–Crippen LogP) is 2.80. The molecule has 0 bridgehead atoms. The Bertz CT molecular complexity index is 471. The number of rotatable bonds is 8. The number of nitrogens with one attached hydrogen (secondary N) is 1. The number of amides is 1. The zero-order valence-corrected chi connectivity index (χ0v) is 13.4. The fourth-order valence-corrected chi connectivity index (χ4v) is 1.82. The smallest absolute Gasteiger partial charge is 0.231 e. The second-order valence-corrected chi connectivity index (χ2v) is 5.10. The quantitative estimate of drug-likeness (QED) is 0.773. The molecule has 0 radical (unpaired) electrons. The molecule has 0 saturated heterocycles. The highest BCUT2D eigenvalue weighted by atomic mass is 16.5. The Morgan fingerprint density at radius 3 is 2.43 bits per heavy atom. The van der Waals surface area contributed by atoms with Gasteiger partial charge in [-0.2, -0.15) is 0 Å². The van der Waals surface area contributed by atoms with E-state index in [9.17, 15) is 4.79 Å². The minimum Gasteiger partial charge on any atom is -0.494 e. The molecule has 1 rings (SSSR count). The van der Waals surface area contributed by atoms with Crippen LogP contribution in [0.3, 0.4) is 0 Å².